The summed E-state index contributed by atoms with van der Waals surface area (Å²) in [7, 11) is 2.05. The number of aryl methyl sites for hydroxylation is 1. The van der Waals surface area contributed by atoms with Gasteiger partial charge < -0.3 is 5.32 Å². The average molecular weight is 154 g/mol. The number of imidazole rings is 1. The molecule has 62 valence electrons. The van der Waals surface area contributed by atoms with Gasteiger partial charge in [0.05, 0.1) is 13.5 Å². The minimum absolute atomic E-state index is 1.05. The van der Waals surface area contributed by atoms with Crippen LogP contribution in [-0.2, 0) is 13.5 Å². The lowest BCUT2D eigenvalue weighted by Gasteiger charge is -1.96. The summed E-state index contributed by atoms with van der Waals surface area (Å²) in [6, 6.07) is 0. The maximum atomic E-state index is 3.28. The fourth-order valence-corrected chi connectivity index (χ4v) is 1.07. The van der Waals surface area contributed by atoms with Crippen LogP contribution in [0.15, 0.2) is 12.4 Å². The van der Waals surface area contributed by atoms with Crippen molar-refractivity contribution in [3.05, 3.63) is 18.2 Å². The Bertz CT molecular complexity index is 205. The lowest BCUT2D eigenvalue weighted by Crippen LogP contribution is -2.32. The average Bonchev–Trinajstić information content (AvgIpc) is 2.37. The van der Waals surface area contributed by atoms with Crippen molar-refractivity contribution in [2.24, 2.45) is 7.05 Å². The quantitative estimate of drug-likeness (QED) is 0.464. The van der Waals surface area contributed by atoms with Crippen LogP contribution in [0.3, 0.4) is 0 Å². The number of likely N-dealkylation sites (N-methyl/N-ethyl adjacent to an activating group) is 1. The first-order valence-electron chi connectivity index (χ1n) is 4.07. The highest BCUT2D eigenvalue weighted by atomic mass is 15.0. The standard InChI is InChI=1S/C8H15N3/c1-3-9-5-4-8-10-6-7-11(8)2/h6-7,9H,3-5H2,1-2H3/p+1. The van der Waals surface area contributed by atoms with Crippen molar-refractivity contribution in [2.45, 2.75) is 13.3 Å². The lowest BCUT2D eigenvalue weighted by molar-refractivity contribution is -0.677. The molecule has 0 spiro atoms. The Morgan fingerprint density at radius 1 is 1.64 bits per heavy atom. The molecule has 1 aromatic heterocycles. The normalized spacial score (nSPS) is 10.4. The van der Waals surface area contributed by atoms with E-state index < -0.39 is 0 Å². The fraction of sp³-hybridized carbons (Fsp3) is 0.625. The molecule has 0 saturated carbocycles. The number of aromatic nitrogens is 2. The zero-order valence-corrected chi connectivity index (χ0v) is 7.22. The summed E-state index contributed by atoms with van der Waals surface area (Å²) >= 11 is 0. The van der Waals surface area contributed by atoms with Crippen molar-refractivity contribution in [2.75, 3.05) is 13.1 Å². The van der Waals surface area contributed by atoms with Crippen molar-refractivity contribution >= 4 is 0 Å². The van der Waals surface area contributed by atoms with Crippen LogP contribution >= 0.6 is 0 Å². The van der Waals surface area contributed by atoms with Crippen molar-refractivity contribution in [1.82, 2.24) is 10.3 Å². The Kier molecular flexibility index (Phi) is 3.11. The molecule has 0 saturated heterocycles. The second-order valence-corrected chi connectivity index (χ2v) is 2.62. The first kappa shape index (κ1) is 8.27. The molecule has 0 atom stereocenters. The molecule has 0 fully saturated rings. The third kappa shape index (κ3) is 2.35. The van der Waals surface area contributed by atoms with E-state index in [1.807, 2.05) is 12.4 Å². The largest absolute Gasteiger partial charge is 0.316 e. The number of hydrogen-bond donors (Lipinski definition) is 2. The maximum Gasteiger partial charge on any atom is 0.255 e. The van der Waals surface area contributed by atoms with E-state index in [1.54, 1.807) is 0 Å². The highest BCUT2D eigenvalue weighted by Crippen LogP contribution is 1.84. The summed E-state index contributed by atoms with van der Waals surface area (Å²) < 4.78 is 2.11. The van der Waals surface area contributed by atoms with E-state index in [-0.39, 0.29) is 0 Å². The topological polar surface area (TPSA) is 31.7 Å². The molecule has 0 bridgehead atoms. The van der Waals surface area contributed by atoms with Gasteiger partial charge >= 0.3 is 0 Å². The molecule has 0 aromatic carbocycles. The van der Waals surface area contributed by atoms with Crippen LogP contribution in [0.1, 0.15) is 12.7 Å². The molecule has 1 heterocycles. The highest BCUT2D eigenvalue weighted by Gasteiger charge is 2.03. The summed E-state index contributed by atoms with van der Waals surface area (Å²) in [5.74, 6) is 1.27. The van der Waals surface area contributed by atoms with E-state index >= 15 is 0 Å². The van der Waals surface area contributed by atoms with Crippen LogP contribution < -0.4 is 9.88 Å². The molecule has 3 heteroatoms. The van der Waals surface area contributed by atoms with E-state index in [2.05, 4.69) is 28.8 Å². The molecule has 0 aliphatic carbocycles. The van der Waals surface area contributed by atoms with Gasteiger partial charge in [-0.2, -0.15) is 0 Å². The number of nitrogens with zero attached hydrogens (tertiary/aromatic N) is 1. The van der Waals surface area contributed by atoms with Gasteiger partial charge in [0.15, 0.2) is 0 Å². The summed E-state index contributed by atoms with van der Waals surface area (Å²) in [4.78, 5) is 3.19. The van der Waals surface area contributed by atoms with E-state index in [9.17, 15) is 0 Å². The molecule has 3 nitrogen and oxygen atoms in total. The second kappa shape index (κ2) is 4.13. The van der Waals surface area contributed by atoms with Crippen molar-refractivity contribution in [3.8, 4) is 0 Å². The minimum Gasteiger partial charge on any atom is -0.316 e. The third-order valence-corrected chi connectivity index (χ3v) is 1.76. The van der Waals surface area contributed by atoms with Gasteiger partial charge in [-0.15, -0.1) is 0 Å². The number of nitrogens with one attached hydrogen (secondary N) is 2. The molecule has 0 amide bonds. The first-order chi connectivity index (χ1) is 5.34. The Labute approximate surface area is 67.4 Å². The first-order valence-corrected chi connectivity index (χ1v) is 4.07. The van der Waals surface area contributed by atoms with Gasteiger partial charge in [0, 0.05) is 6.54 Å². The van der Waals surface area contributed by atoms with Crippen molar-refractivity contribution in [1.29, 1.82) is 0 Å². The van der Waals surface area contributed by atoms with Gasteiger partial charge in [-0.1, -0.05) is 6.92 Å². The zero-order chi connectivity index (χ0) is 8.10. The monoisotopic (exact) mass is 154 g/mol. The predicted octanol–water partition coefficient (Wildman–Crippen LogP) is -0.00880. The Hall–Kier alpha value is -0.830. The molecular formula is C8H16N3+. The number of H-pyrrole nitrogens is 1. The van der Waals surface area contributed by atoms with Crippen LogP contribution in [0, 0.1) is 0 Å². The minimum atomic E-state index is 1.05. The van der Waals surface area contributed by atoms with Gasteiger partial charge in [0.2, 0.25) is 0 Å². The number of aromatic amines is 1. The van der Waals surface area contributed by atoms with Crippen LogP contribution in [0.5, 0.6) is 0 Å². The van der Waals surface area contributed by atoms with Gasteiger partial charge in [-0.3, -0.25) is 0 Å². The van der Waals surface area contributed by atoms with Crippen molar-refractivity contribution < 1.29 is 4.57 Å². The Morgan fingerprint density at radius 3 is 3.00 bits per heavy atom. The van der Waals surface area contributed by atoms with E-state index in [0.29, 0.717) is 0 Å². The highest BCUT2D eigenvalue weighted by molar-refractivity contribution is 4.77. The van der Waals surface area contributed by atoms with Gasteiger partial charge in [-0.05, 0) is 6.54 Å². The number of hydrogen-bond acceptors (Lipinski definition) is 1. The fourth-order valence-electron chi connectivity index (χ4n) is 1.07. The second-order valence-electron chi connectivity index (χ2n) is 2.62. The molecule has 0 unspecified atom stereocenters. The predicted molar refractivity (Wildman–Crippen MR) is 44.2 cm³/mol. The summed E-state index contributed by atoms with van der Waals surface area (Å²) in [5.41, 5.74) is 0. The molecule has 0 aliphatic rings. The molecule has 2 N–H and O–H groups in total. The van der Waals surface area contributed by atoms with Gasteiger partial charge in [-0.25, -0.2) is 9.55 Å². The van der Waals surface area contributed by atoms with E-state index in [1.165, 1.54) is 5.82 Å². The van der Waals surface area contributed by atoms with Crippen LogP contribution in [0.4, 0.5) is 0 Å². The molecule has 0 aliphatic heterocycles. The summed E-state index contributed by atoms with van der Waals surface area (Å²) in [6.07, 6.45) is 5.06. The zero-order valence-electron chi connectivity index (χ0n) is 7.22. The van der Waals surface area contributed by atoms with Crippen LogP contribution in [-0.4, -0.2) is 18.1 Å². The molecule has 0 radical (unpaired) electrons. The van der Waals surface area contributed by atoms with Gasteiger partial charge in [0.25, 0.3) is 5.82 Å². The van der Waals surface area contributed by atoms with E-state index in [4.69, 9.17) is 0 Å². The maximum absolute atomic E-state index is 3.28. The summed E-state index contributed by atoms with van der Waals surface area (Å²) in [6.45, 7) is 4.21. The lowest BCUT2D eigenvalue weighted by atomic mass is 10.4. The smallest absolute Gasteiger partial charge is 0.255 e. The van der Waals surface area contributed by atoms with Crippen molar-refractivity contribution in [3.63, 3.8) is 0 Å². The SMILES string of the molecule is CCNCCc1[nH]cc[n+]1C. The third-order valence-electron chi connectivity index (χ3n) is 1.76. The Morgan fingerprint density at radius 2 is 2.45 bits per heavy atom. The molecule has 11 heavy (non-hydrogen) atoms. The van der Waals surface area contributed by atoms with Crippen LogP contribution in [0.2, 0.25) is 0 Å². The molecule has 1 rings (SSSR count). The summed E-state index contributed by atoms with van der Waals surface area (Å²) in [5, 5.41) is 3.28. The number of rotatable bonds is 4. The van der Waals surface area contributed by atoms with Crippen LogP contribution in [0.25, 0.3) is 0 Å². The van der Waals surface area contributed by atoms with Gasteiger partial charge in [0.1, 0.15) is 12.4 Å². The molecular weight excluding hydrogens is 138 g/mol. The van der Waals surface area contributed by atoms with E-state index in [0.717, 1.165) is 19.5 Å². The molecule has 1 aromatic rings. The Balaban J connectivity index is 2.32.